The summed E-state index contributed by atoms with van der Waals surface area (Å²) in [4.78, 5) is 5.33. The van der Waals surface area contributed by atoms with Crippen LogP contribution in [-0.2, 0) is 12.8 Å². The normalized spacial score (nSPS) is 19.4. The number of tetrazole rings is 1. The minimum absolute atomic E-state index is 0.468. The Balaban J connectivity index is 1.86. The lowest BCUT2D eigenvalue weighted by Gasteiger charge is -2.30. The molecular weight excluding hydrogens is 370 g/mol. The highest BCUT2D eigenvalue weighted by atomic mass is 15.5. The molecule has 2 aliphatic rings. The maximum atomic E-state index is 5.33. The maximum absolute atomic E-state index is 5.33. The summed E-state index contributed by atoms with van der Waals surface area (Å²) in [6.45, 7) is 6.66. The third kappa shape index (κ3) is 3.29. The molecule has 5 heteroatoms. The Hall–Kier alpha value is -2.74. The summed E-state index contributed by atoms with van der Waals surface area (Å²) in [6, 6.07) is 8.53. The molecule has 0 bridgehead atoms. The van der Waals surface area contributed by atoms with E-state index in [9.17, 15) is 0 Å². The highest BCUT2D eigenvalue weighted by Crippen LogP contribution is 2.46. The van der Waals surface area contributed by atoms with Crippen molar-refractivity contribution in [3.63, 3.8) is 0 Å². The summed E-state index contributed by atoms with van der Waals surface area (Å²) in [6.07, 6.45) is 9.56. The van der Waals surface area contributed by atoms with Gasteiger partial charge in [0.25, 0.3) is 0 Å². The molecule has 1 N–H and O–H groups in total. The van der Waals surface area contributed by atoms with Gasteiger partial charge in [0.15, 0.2) is 0 Å². The van der Waals surface area contributed by atoms with Crippen LogP contribution in [0.15, 0.2) is 6.07 Å². The number of fused-ring (bicyclic) bond motifs is 1. The Bertz CT molecular complexity index is 1030. The van der Waals surface area contributed by atoms with Crippen LogP contribution in [0, 0.1) is 31.9 Å². The van der Waals surface area contributed by atoms with E-state index in [-0.39, 0.29) is 0 Å². The molecule has 2 heterocycles. The number of aromatic nitrogens is 5. The third-order valence-electron chi connectivity index (χ3n) is 6.97. The molecule has 0 radical (unpaired) electrons. The van der Waals surface area contributed by atoms with Crippen molar-refractivity contribution in [1.29, 1.82) is 0 Å². The minimum atomic E-state index is 0.468. The van der Waals surface area contributed by atoms with Crippen LogP contribution in [0.2, 0.25) is 0 Å². The van der Waals surface area contributed by atoms with Crippen LogP contribution in [0.3, 0.4) is 0 Å². The molecule has 1 fully saturated rings. The topological polar surface area (TPSA) is 67.3 Å². The zero-order valence-corrected chi connectivity index (χ0v) is 18.2. The first kappa shape index (κ1) is 19.2. The second kappa shape index (κ2) is 7.83. The summed E-state index contributed by atoms with van der Waals surface area (Å²) in [5, 5.41) is 15.5. The van der Waals surface area contributed by atoms with Gasteiger partial charge < -0.3 is 0 Å². The summed E-state index contributed by atoms with van der Waals surface area (Å²) in [5.74, 6) is 1.79. The Kier molecular flexibility index (Phi) is 5.02. The first-order valence-electron chi connectivity index (χ1n) is 11.3. The van der Waals surface area contributed by atoms with Crippen molar-refractivity contribution in [2.75, 3.05) is 0 Å². The smallest absolute Gasteiger partial charge is 0.207 e. The van der Waals surface area contributed by atoms with Gasteiger partial charge in [-0.05, 0) is 79.8 Å². The summed E-state index contributed by atoms with van der Waals surface area (Å²) < 4.78 is 0. The molecule has 2 aromatic heterocycles. The van der Waals surface area contributed by atoms with E-state index in [2.05, 4.69) is 53.5 Å². The van der Waals surface area contributed by atoms with E-state index >= 15 is 0 Å². The van der Waals surface area contributed by atoms with Crippen LogP contribution in [-0.4, -0.2) is 25.6 Å². The van der Waals surface area contributed by atoms with Gasteiger partial charge in [0.05, 0.1) is 11.3 Å². The van der Waals surface area contributed by atoms with Crippen LogP contribution in [0.25, 0.3) is 22.5 Å². The van der Waals surface area contributed by atoms with Gasteiger partial charge in [-0.3, -0.25) is 4.98 Å². The molecule has 154 valence electrons. The van der Waals surface area contributed by atoms with Gasteiger partial charge in [0.2, 0.25) is 5.82 Å². The zero-order valence-electron chi connectivity index (χ0n) is 18.2. The van der Waals surface area contributed by atoms with Gasteiger partial charge in [0.1, 0.15) is 0 Å². The Morgan fingerprint density at radius 3 is 2.60 bits per heavy atom. The van der Waals surface area contributed by atoms with Crippen molar-refractivity contribution >= 4 is 0 Å². The molecule has 1 aromatic carbocycles. The van der Waals surface area contributed by atoms with Crippen LogP contribution < -0.4 is 0 Å². The fourth-order valence-corrected chi connectivity index (χ4v) is 5.46. The average molecular weight is 400 g/mol. The number of H-pyrrole nitrogens is 1. The average Bonchev–Trinajstić information content (AvgIpc) is 3.28. The van der Waals surface area contributed by atoms with Gasteiger partial charge in [-0.25, -0.2) is 0 Å². The van der Waals surface area contributed by atoms with Crippen molar-refractivity contribution in [3.8, 4) is 22.5 Å². The van der Waals surface area contributed by atoms with Crippen LogP contribution in [0.1, 0.15) is 79.4 Å². The summed E-state index contributed by atoms with van der Waals surface area (Å²) in [5.41, 5.74) is 9.80. The van der Waals surface area contributed by atoms with E-state index in [1.807, 2.05) is 6.07 Å². The van der Waals surface area contributed by atoms with Crippen molar-refractivity contribution in [1.82, 2.24) is 25.6 Å². The summed E-state index contributed by atoms with van der Waals surface area (Å²) in [7, 11) is 0. The quantitative estimate of drug-likeness (QED) is 0.647. The number of aryl methyl sites for hydroxylation is 2. The molecule has 0 amide bonds. The van der Waals surface area contributed by atoms with Gasteiger partial charge in [-0.15, -0.1) is 10.2 Å². The van der Waals surface area contributed by atoms with Crippen LogP contribution >= 0.6 is 0 Å². The van der Waals surface area contributed by atoms with Crippen LogP contribution in [0.5, 0.6) is 0 Å². The largest absolute Gasteiger partial charge is 0.256 e. The molecule has 3 aromatic rings. The van der Waals surface area contributed by atoms with E-state index < -0.39 is 0 Å². The molecule has 5 rings (SSSR count). The lowest BCUT2D eigenvalue weighted by Crippen LogP contribution is -2.19. The summed E-state index contributed by atoms with van der Waals surface area (Å²) >= 11 is 0. The monoisotopic (exact) mass is 399 g/mol. The number of pyridine rings is 1. The number of nitrogens with one attached hydrogen (secondary N) is 1. The van der Waals surface area contributed by atoms with Gasteiger partial charge in [-0.2, -0.15) is 5.21 Å². The van der Waals surface area contributed by atoms with Crippen molar-refractivity contribution in [2.24, 2.45) is 5.92 Å². The molecular formula is C25H29N5. The van der Waals surface area contributed by atoms with E-state index in [0.29, 0.717) is 17.7 Å². The Labute approximate surface area is 178 Å². The Morgan fingerprint density at radius 2 is 1.87 bits per heavy atom. The predicted molar refractivity (Wildman–Crippen MR) is 117 cm³/mol. The SMILES string of the molecule is Cc1c#ccc(C)c1-c1c2c(nc(C3CCCCC3)c1-c1nn[nH]n1)CCC(C)C2. The third-order valence-corrected chi connectivity index (χ3v) is 6.97. The number of rotatable bonds is 3. The molecule has 2 aliphatic carbocycles. The number of aromatic amines is 1. The van der Waals surface area contributed by atoms with Crippen LogP contribution in [0.4, 0.5) is 0 Å². The second-order valence-corrected chi connectivity index (χ2v) is 9.19. The van der Waals surface area contributed by atoms with Crippen molar-refractivity contribution < 1.29 is 0 Å². The molecule has 0 saturated heterocycles. The maximum Gasteiger partial charge on any atom is 0.207 e. The fourth-order valence-electron chi connectivity index (χ4n) is 5.46. The molecule has 0 spiro atoms. The van der Waals surface area contributed by atoms with Gasteiger partial charge in [-0.1, -0.05) is 38.3 Å². The van der Waals surface area contributed by atoms with E-state index in [4.69, 9.17) is 4.98 Å². The molecule has 0 aliphatic heterocycles. The minimum Gasteiger partial charge on any atom is -0.256 e. The highest BCUT2D eigenvalue weighted by Gasteiger charge is 2.32. The molecule has 1 unspecified atom stereocenters. The fraction of sp³-hybridized carbons (Fsp3) is 0.520. The second-order valence-electron chi connectivity index (χ2n) is 9.19. The van der Waals surface area contributed by atoms with Crippen molar-refractivity contribution in [2.45, 2.75) is 78.1 Å². The lowest BCUT2D eigenvalue weighted by atomic mass is 9.77. The first-order valence-corrected chi connectivity index (χ1v) is 11.3. The highest BCUT2D eigenvalue weighted by molar-refractivity contribution is 5.88. The number of nitrogens with zero attached hydrogens (tertiary/aromatic N) is 4. The van der Waals surface area contributed by atoms with E-state index in [1.54, 1.807) is 0 Å². The van der Waals surface area contributed by atoms with Gasteiger partial charge >= 0.3 is 0 Å². The molecule has 30 heavy (non-hydrogen) atoms. The number of hydrogen-bond donors (Lipinski definition) is 1. The van der Waals surface area contributed by atoms with Crippen molar-refractivity contribution in [3.05, 3.63) is 46.3 Å². The Morgan fingerprint density at radius 1 is 1.03 bits per heavy atom. The predicted octanol–water partition coefficient (Wildman–Crippen LogP) is 5.32. The number of hydrogen-bond acceptors (Lipinski definition) is 4. The van der Waals surface area contributed by atoms with E-state index in [0.717, 1.165) is 24.0 Å². The molecule has 1 atom stereocenters. The van der Waals surface area contributed by atoms with E-state index in [1.165, 1.54) is 72.2 Å². The van der Waals surface area contributed by atoms with Gasteiger partial charge in [0, 0.05) is 22.7 Å². The standard InChI is InChI=1S/C25H29N5/c1-15-12-13-20-19(14-15)22(21-16(2)8-7-9-17(21)3)23(25-27-29-30-28-25)24(26-20)18-10-5-4-6-11-18/h8,15,18H,4-6,10-14H2,1-3H3,(H,27,28,29,30). The molecule has 1 saturated carbocycles. The molecule has 5 nitrogen and oxygen atoms in total. The zero-order chi connectivity index (χ0) is 20.7. The lowest BCUT2D eigenvalue weighted by molar-refractivity contribution is 0.433. The first-order chi connectivity index (χ1) is 14.6.